The van der Waals surface area contributed by atoms with Crippen LogP contribution in [0, 0.1) is 0 Å². The van der Waals surface area contributed by atoms with E-state index in [0.29, 0.717) is 5.56 Å². The summed E-state index contributed by atoms with van der Waals surface area (Å²) in [5, 5.41) is 19.7. The van der Waals surface area contributed by atoms with Crippen LogP contribution >= 0.6 is 15.9 Å². The molecule has 2 N–H and O–H groups in total. The van der Waals surface area contributed by atoms with Crippen molar-refractivity contribution in [2.45, 2.75) is 0 Å². The van der Waals surface area contributed by atoms with E-state index >= 15 is 0 Å². The third-order valence-electron chi connectivity index (χ3n) is 1.42. The quantitative estimate of drug-likeness (QED) is 0.472. The molecule has 0 unspecified atom stereocenters. The Hall–Kier alpha value is -1.36. The fourth-order valence-corrected chi connectivity index (χ4v) is 1.10. The third kappa shape index (κ3) is 2.29. The van der Waals surface area contributed by atoms with Gasteiger partial charge in [-0.25, -0.2) is 4.79 Å². The van der Waals surface area contributed by atoms with Gasteiger partial charge in [0.05, 0.1) is 0 Å². The molecule has 0 aliphatic rings. The van der Waals surface area contributed by atoms with Crippen LogP contribution in [0.4, 0.5) is 0 Å². The van der Waals surface area contributed by atoms with Crippen LogP contribution in [0.1, 0.15) is 5.56 Å². The maximum absolute atomic E-state index is 10.5. The lowest BCUT2D eigenvalue weighted by Gasteiger charge is -1.98. The first kappa shape index (κ1) is 9.73. The van der Waals surface area contributed by atoms with Gasteiger partial charge >= 0.3 is 5.97 Å². The van der Waals surface area contributed by atoms with E-state index in [1.807, 2.05) is 0 Å². The highest BCUT2D eigenvalue weighted by molar-refractivity contribution is 9.10. The molecule has 0 bridgehead atoms. The van der Waals surface area contributed by atoms with Gasteiger partial charge in [-0.2, -0.15) is 0 Å². The van der Waals surface area contributed by atoms with Crippen LogP contribution in [-0.2, 0) is 4.79 Å². The Morgan fingerprint density at radius 1 is 1.31 bits per heavy atom. The zero-order valence-electron chi connectivity index (χ0n) is 6.44. The van der Waals surface area contributed by atoms with Crippen molar-refractivity contribution in [1.29, 1.82) is 0 Å². The molecule has 68 valence electrons. The Labute approximate surface area is 82.6 Å². The lowest BCUT2D eigenvalue weighted by molar-refractivity contribution is -0.129. The number of hydrogen-bond donors (Lipinski definition) is 2. The highest BCUT2D eigenvalue weighted by atomic mass is 79.9. The highest BCUT2D eigenvalue weighted by Gasteiger charge is 2.12. The SMILES string of the molecule is O=C(O)/C(=N/O)c1ccc(Br)cc1. The first-order chi connectivity index (χ1) is 6.15. The van der Waals surface area contributed by atoms with Gasteiger partial charge in [0.1, 0.15) is 0 Å². The number of benzene rings is 1. The second-order valence-corrected chi connectivity index (χ2v) is 3.18. The Morgan fingerprint density at radius 3 is 2.23 bits per heavy atom. The first-order valence-corrected chi connectivity index (χ1v) is 4.15. The van der Waals surface area contributed by atoms with Gasteiger partial charge in [0.2, 0.25) is 0 Å². The summed E-state index contributed by atoms with van der Waals surface area (Å²) in [5.74, 6) is -1.26. The maximum Gasteiger partial charge on any atom is 0.358 e. The van der Waals surface area contributed by atoms with Crippen LogP contribution in [0.2, 0.25) is 0 Å². The molecule has 0 amide bonds. The Balaban J connectivity index is 3.07. The van der Waals surface area contributed by atoms with Gasteiger partial charge < -0.3 is 10.3 Å². The second-order valence-electron chi connectivity index (χ2n) is 2.26. The number of aliphatic carboxylic acids is 1. The standard InChI is InChI=1S/C8H6BrNO3/c9-6-3-1-5(2-4-6)7(10-13)8(11)12/h1-4,13H,(H,11,12)/b10-7+. The van der Waals surface area contributed by atoms with E-state index in [-0.39, 0.29) is 5.71 Å². The van der Waals surface area contributed by atoms with E-state index in [1.54, 1.807) is 24.3 Å². The fraction of sp³-hybridized carbons (Fsp3) is 0. The number of carboxylic acids is 1. The Morgan fingerprint density at radius 2 is 1.85 bits per heavy atom. The third-order valence-corrected chi connectivity index (χ3v) is 1.95. The van der Waals surface area contributed by atoms with Gasteiger partial charge in [0.25, 0.3) is 0 Å². The van der Waals surface area contributed by atoms with Crippen molar-refractivity contribution in [2.75, 3.05) is 0 Å². The molecule has 1 aromatic rings. The summed E-state index contributed by atoms with van der Waals surface area (Å²) in [6, 6.07) is 6.44. The summed E-state index contributed by atoms with van der Waals surface area (Å²) in [5.41, 5.74) is -0.00861. The van der Waals surface area contributed by atoms with Crippen molar-refractivity contribution in [3.63, 3.8) is 0 Å². The minimum absolute atomic E-state index is 0.359. The van der Waals surface area contributed by atoms with Crippen molar-refractivity contribution >= 4 is 27.6 Å². The molecular formula is C8H6BrNO3. The molecule has 4 nitrogen and oxygen atoms in total. The minimum Gasteiger partial charge on any atom is -0.476 e. The molecule has 0 fully saturated rings. The molecule has 1 rings (SSSR count). The molecular weight excluding hydrogens is 238 g/mol. The topological polar surface area (TPSA) is 69.9 Å². The number of oxime groups is 1. The Kier molecular flexibility index (Phi) is 3.02. The number of nitrogens with zero attached hydrogens (tertiary/aromatic N) is 1. The Bertz CT molecular complexity index is 345. The summed E-state index contributed by atoms with van der Waals surface area (Å²) in [6.45, 7) is 0. The van der Waals surface area contributed by atoms with Gasteiger partial charge in [-0.15, -0.1) is 0 Å². The number of carbonyl (C=O) groups is 1. The first-order valence-electron chi connectivity index (χ1n) is 3.36. The summed E-state index contributed by atoms with van der Waals surface area (Å²) >= 11 is 3.20. The van der Waals surface area contributed by atoms with Gasteiger partial charge in [-0.05, 0) is 12.1 Å². The predicted molar refractivity (Wildman–Crippen MR) is 50.1 cm³/mol. The summed E-state index contributed by atoms with van der Waals surface area (Å²) < 4.78 is 0.832. The number of halogens is 1. The normalized spacial score (nSPS) is 11.3. The summed E-state index contributed by atoms with van der Waals surface area (Å²) in [7, 11) is 0. The summed E-state index contributed by atoms with van der Waals surface area (Å²) in [4.78, 5) is 10.5. The lowest BCUT2D eigenvalue weighted by Crippen LogP contribution is -2.14. The molecule has 1 aromatic carbocycles. The molecule has 0 saturated heterocycles. The maximum atomic E-state index is 10.5. The van der Waals surface area contributed by atoms with Crippen molar-refractivity contribution in [3.05, 3.63) is 34.3 Å². The molecule has 0 aromatic heterocycles. The average Bonchev–Trinajstić information content (AvgIpc) is 2.09. The van der Waals surface area contributed by atoms with E-state index in [0.717, 1.165) is 4.47 Å². The minimum atomic E-state index is -1.26. The second kappa shape index (κ2) is 4.04. The van der Waals surface area contributed by atoms with Crippen LogP contribution in [0.3, 0.4) is 0 Å². The molecule has 0 spiro atoms. The van der Waals surface area contributed by atoms with E-state index in [9.17, 15) is 4.79 Å². The molecule has 0 atom stereocenters. The number of rotatable bonds is 2. The largest absolute Gasteiger partial charge is 0.476 e. The van der Waals surface area contributed by atoms with E-state index in [2.05, 4.69) is 21.1 Å². The van der Waals surface area contributed by atoms with Crippen LogP contribution in [0.15, 0.2) is 33.9 Å². The smallest absolute Gasteiger partial charge is 0.358 e. The van der Waals surface area contributed by atoms with Gasteiger partial charge in [0, 0.05) is 10.0 Å². The van der Waals surface area contributed by atoms with Crippen molar-refractivity contribution in [1.82, 2.24) is 0 Å². The van der Waals surface area contributed by atoms with Gasteiger partial charge in [0.15, 0.2) is 5.71 Å². The molecule has 0 saturated carbocycles. The highest BCUT2D eigenvalue weighted by Crippen LogP contribution is 2.11. The van der Waals surface area contributed by atoms with Crippen molar-refractivity contribution in [2.24, 2.45) is 5.16 Å². The summed E-state index contributed by atoms with van der Waals surface area (Å²) in [6.07, 6.45) is 0. The molecule has 13 heavy (non-hydrogen) atoms. The number of carboxylic acid groups (broad SMARTS) is 1. The molecule has 0 radical (unpaired) electrons. The fourth-order valence-electron chi connectivity index (χ4n) is 0.832. The van der Waals surface area contributed by atoms with Crippen molar-refractivity contribution < 1.29 is 15.1 Å². The average molecular weight is 244 g/mol. The van der Waals surface area contributed by atoms with Crippen LogP contribution in [0.25, 0.3) is 0 Å². The monoisotopic (exact) mass is 243 g/mol. The van der Waals surface area contributed by atoms with Gasteiger partial charge in [-0.1, -0.05) is 33.2 Å². The lowest BCUT2D eigenvalue weighted by atomic mass is 10.1. The van der Waals surface area contributed by atoms with Crippen LogP contribution < -0.4 is 0 Å². The molecule has 0 aliphatic heterocycles. The van der Waals surface area contributed by atoms with E-state index in [4.69, 9.17) is 10.3 Å². The predicted octanol–water partition coefficient (Wildman–Crippen LogP) is 1.71. The van der Waals surface area contributed by atoms with Crippen LogP contribution in [0.5, 0.6) is 0 Å². The van der Waals surface area contributed by atoms with Crippen molar-refractivity contribution in [3.8, 4) is 0 Å². The van der Waals surface area contributed by atoms with E-state index in [1.165, 1.54) is 0 Å². The zero-order valence-corrected chi connectivity index (χ0v) is 8.02. The molecule has 0 heterocycles. The molecule has 5 heteroatoms. The van der Waals surface area contributed by atoms with Gasteiger partial charge in [-0.3, -0.25) is 0 Å². The van der Waals surface area contributed by atoms with Crippen LogP contribution in [-0.4, -0.2) is 22.0 Å². The van der Waals surface area contributed by atoms with E-state index < -0.39 is 5.97 Å². The zero-order chi connectivity index (χ0) is 9.84. The molecule has 0 aliphatic carbocycles. The number of hydrogen-bond acceptors (Lipinski definition) is 3.